The lowest BCUT2D eigenvalue weighted by Gasteiger charge is -2.18. The van der Waals surface area contributed by atoms with Gasteiger partial charge in [-0.1, -0.05) is 0 Å². The van der Waals surface area contributed by atoms with E-state index in [2.05, 4.69) is 4.98 Å². The number of ether oxygens (including phenoxy) is 1. The number of aliphatic hydroxyl groups excluding tert-OH is 4. The Morgan fingerprint density at radius 3 is 2.60 bits per heavy atom. The monoisotopic (exact) mass is 287 g/mol. The molecule has 9 heteroatoms. The van der Waals surface area contributed by atoms with Crippen LogP contribution in [0.4, 0.5) is 5.82 Å². The van der Waals surface area contributed by atoms with Crippen molar-refractivity contribution in [3.8, 4) is 0 Å². The number of nitrogens with zero attached hydrogens (tertiary/aromatic N) is 2. The fraction of sp³-hybridized carbons (Fsp3) is 0.636. The molecule has 0 radical (unpaired) electrons. The van der Waals surface area contributed by atoms with E-state index in [1.165, 1.54) is 6.20 Å². The van der Waals surface area contributed by atoms with Gasteiger partial charge in [0.2, 0.25) is 0 Å². The highest BCUT2D eigenvalue weighted by Gasteiger charge is 2.43. The quantitative estimate of drug-likeness (QED) is 0.392. The van der Waals surface area contributed by atoms with Crippen molar-refractivity contribution in [1.82, 2.24) is 9.55 Å². The third-order valence-corrected chi connectivity index (χ3v) is 3.23. The van der Waals surface area contributed by atoms with Gasteiger partial charge in [-0.15, -0.1) is 0 Å². The molecule has 4 atom stereocenters. The Balaban J connectivity index is 2.38. The third kappa shape index (κ3) is 2.53. The van der Waals surface area contributed by atoms with E-state index in [4.69, 9.17) is 20.7 Å². The third-order valence-electron chi connectivity index (χ3n) is 3.23. The first-order valence-corrected chi connectivity index (χ1v) is 6.10. The van der Waals surface area contributed by atoms with Crippen molar-refractivity contribution in [2.75, 3.05) is 18.9 Å². The summed E-state index contributed by atoms with van der Waals surface area (Å²) in [5.74, 6) is -0.00737. The van der Waals surface area contributed by atoms with Gasteiger partial charge in [-0.2, -0.15) is 4.98 Å². The molecular formula is C11H17N3O6. The standard InChI is InChI=1S/C11H17N3O6/c12-9-5(1-2-15)3-14(11(19)13-9)10-8(18)7(17)6(4-16)20-10/h3,6-8,10,15-18H,1-2,4H2,(H2,12,13,19)/t6-,7?,8+,10-/m1/s1. The second-order valence-electron chi connectivity index (χ2n) is 4.54. The Kier molecular flexibility index (Phi) is 4.35. The summed E-state index contributed by atoms with van der Waals surface area (Å²) in [6.45, 7) is -0.671. The summed E-state index contributed by atoms with van der Waals surface area (Å²) in [7, 11) is 0. The van der Waals surface area contributed by atoms with E-state index >= 15 is 0 Å². The summed E-state index contributed by atoms with van der Waals surface area (Å²) in [5.41, 5.74) is 5.23. The highest BCUT2D eigenvalue weighted by molar-refractivity contribution is 5.36. The van der Waals surface area contributed by atoms with Gasteiger partial charge in [0.25, 0.3) is 0 Å². The van der Waals surface area contributed by atoms with Gasteiger partial charge in [-0.25, -0.2) is 4.79 Å². The van der Waals surface area contributed by atoms with Crippen LogP contribution in [0, 0.1) is 0 Å². The second kappa shape index (κ2) is 5.85. The molecule has 1 aromatic rings. The van der Waals surface area contributed by atoms with Crippen molar-refractivity contribution in [3.63, 3.8) is 0 Å². The van der Waals surface area contributed by atoms with Crippen molar-refractivity contribution >= 4 is 5.82 Å². The van der Waals surface area contributed by atoms with E-state index in [1.54, 1.807) is 0 Å². The zero-order chi connectivity index (χ0) is 14.9. The topological polar surface area (TPSA) is 151 Å². The van der Waals surface area contributed by atoms with Gasteiger partial charge in [0.05, 0.1) is 6.61 Å². The van der Waals surface area contributed by atoms with Gasteiger partial charge in [-0.05, 0) is 0 Å². The predicted molar refractivity (Wildman–Crippen MR) is 66.7 cm³/mol. The summed E-state index contributed by atoms with van der Waals surface area (Å²) in [4.78, 5) is 15.4. The maximum Gasteiger partial charge on any atom is 0.351 e. The van der Waals surface area contributed by atoms with Crippen LogP contribution in [0.5, 0.6) is 0 Å². The number of rotatable bonds is 4. The van der Waals surface area contributed by atoms with Crippen LogP contribution in [0.15, 0.2) is 11.0 Å². The van der Waals surface area contributed by atoms with E-state index in [1.807, 2.05) is 0 Å². The van der Waals surface area contributed by atoms with E-state index < -0.39 is 36.8 Å². The number of hydrogen-bond acceptors (Lipinski definition) is 8. The molecule has 9 nitrogen and oxygen atoms in total. The molecule has 1 aliphatic rings. The summed E-state index contributed by atoms with van der Waals surface area (Å²) in [5, 5.41) is 37.5. The maximum absolute atomic E-state index is 11.8. The smallest absolute Gasteiger partial charge is 0.351 e. The van der Waals surface area contributed by atoms with Crippen molar-refractivity contribution in [2.24, 2.45) is 0 Å². The van der Waals surface area contributed by atoms with Crippen molar-refractivity contribution in [1.29, 1.82) is 0 Å². The number of aliphatic hydroxyl groups is 4. The van der Waals surface area contributed by atoms with Gasteiger partial charge in [0.1, 0.15) is 24.1 Å². The number of nitrogen functional groups attached to an aromatic ring is 1. The number of hydrogen-bond donors (Lipinski definition) is 5. The Morgan fingerprint density at radius 1 is 1.35 bits per heavy atom. The zero-order valence-electron chi connectivity index (χ0n) is 10.6. The van der Waals surface area contributed by atoms with Crippen molar-refractivity contribution in [2.45, 2.75) is 31.0 Å². The minimum Gasteiger partial charge on any atom is -0.396 e. The van der Waals surface area contributed by atoms with Crippen LogP contribution < -0.4 is 11.4 Å². The molecule has 0 saturated carbocycles. The first-order valence-electron chi connectivity index (χ1n) is 6.10. The van der Waals surface area contributed by atoms with Gasteiger partial charge in [-0.3, -0.25) is 4.57 Å². The highest BCUT2D eigenvalue weighted by Crippen LogP contribution is 2.28. The van der Waals surface area contributed by atoms with Crippen LogP contribution in [0.3, 0.4) is 0 Å². The molecule has 1 aromatic heterocycles. The number of aromatic nitrogens is 2. The molecule has 1 saturated heterocycles. The molecule has 0 amide bonds. The Hall–Kier alpha value is -1.52. The Morgan fingerprint density at radius 2 is 2.05 bits per heavy atom. The summed E-state index contributed by atoms with van der Waals surface area (Å²) >= 11 is 0. The van der Waals surface area contributed by atoms with Crippen molar-refractivity contribution < 1.29 is 25.2 Å². The largest absolute Gasteiger partial charge is 0.396 e. The van der Waals surface area contributed by atoms with E-state index in [0.29, 0.717) is 5.56 Å². The van der Waals surface area contributed by atoms with E-state index in [0.717, 1.165) is 4.57 Å². The average Bonchev–Trinajstić information content (AvgIpc) is 2.70. The molecule has 0 spiro atoms. The van der Waals surface area contributed by atoms with Crippen LogP contribution in [-0.4, -0.2) is 61.5 Å². The SMILES string of the molecule is Nc1nc(=O)n([C@@H]2O[C@H](CO)C(O)[C@@H]2O)cc1CCO. The Labute approximate surface area is 113 Å². The van der Waals surface area contributed by atoms with E-state index in [9.17, 15) is 15.0 Å². The average molecular weight is 287 g/mol. The maximum atomic E-state index is 11.8. The molecule has 2 heterocycles. The van der Waals surface area contributed by atoms with Crippen LogP contribution in [0.2, 0.25) is 0 Å². The Bertz CT molecular complexity index is 533. The first-order chi connectivity index (χ1) is 9.49. The molecule has 2 rings (SSSR count). The summed E-state index contributed by atoms with van der Waals surface area (Å²) < 4.78 is 6.24. The van der Waals surface area contributed by atoms with Crippen LogP contribution in [-0.2, 0) is 11.2 Å². The lowest BCUT2D eigenvalue weighted by Crippen LogP contribution is -2.36. The molecular weight excluding hydrogens is 270 g/mol. The fourth-order valence-corrected chi connectivity index (χ4v) is 2.13. The minimum atomic E-state index is -1.38. The highest BCUT2D eigenvalue weighted by atomic mass is 16.6. The van der Waals surface area contributed by atoms with Gasteiger partial charge < -0.3 is 30.9 Å². The van der Waals surface area contributed by atoms with Crippen molar-refractivity contribution in [3.05, 3.63) is 22.2 Å². The first kappa shape index (κ1) is 14.9. The molecule has 112 valence electrons. The van der Waals surface area contributed by atoms with Crippen LogP contribution in [0.1, 0.15) is 11.8 Å². The summed E-state index contributed by atoms with van der Waals surface area (Å²) in [6, 6.07) is 0. The molecule has 0 aliphatic carbocycles. The van der Waals surface area contributed by atoms with Crippen LogP contribution in [0.25, 0.3) is 0 Å². The van der Waals surface area contributed by atoms with E-state index in [-0.39, 0.29) is 18.8 Å². The molecule has 0 bridgehead atoms. The number of anilines is 1. The molecule has 1 unspecified atom stereocenters. The lowest BCUT2D eigenvalue weighted by atomic mass is 10.1. The fourth-order valence-electron chi connectivity index (χ4n) is 2.13. The molecule has 1 aliphatic heterocycles. The molecule has 1 fully saturated rings. The molecule has 6 N–H and O–H groups in total. The molecule has 20 heavy (non-hydrogen) atoms. The minimum absolute atomic E-state index is 0.00737. The number of nitrogens with two attached hydrogens (primary N) is 1. The van der Waals surface area contributed by atoms with Gasteiger partial charge in [0.15, 0.2) is 6.23 Å². The van der Waals surface area contributed by atoms with Crippen LogP contribution >= 0.6 is 0 Å². The normalized spacial score (nSPS) is 29.8. The molecule has 0 aromatic carbocycles. The second-order valence-corrected chi connectivity index (χ2v) is 4.54. The lowest BCUT2D eigenvalue weighted by molar-refractivity contribution is -0.0550. The predicted octanol–water partition coefficient (Wildman–Crippen LogP) is -3.03. The summed E-state index contributed by atoms with van der Waals surface area (Å²) in [6.07, 6.45) is -3.33. The zero-order valence-corrected chi connectivity index (χ0v) is 10.6. The van der Waals surface area contributed by atoms with Gasteiger partial charge in [0, 0.05) is 24.8 Å². The van der Waals surface area contributed by atoms with Gasteiger partial charge >= 0.3 is 5.69 Å².